The highest BCUT2D eigenvalue weighted by atomic mass is 16.5. The van der Waals surface area contributed by atoms with Crippen molar-refractivity contribution in [1.29, 1.82) is 0 Å². The van der Waals surface area contributed by atoms with Gasteiger partial charge in [-0.3, -0.25) is 0 Å². The predicted molar refractivity (Wildman–Crippen MR) is 238 cm³/mol. The van der Waals surface area contributed by atoms with Crippen molar-refractivity contribution < 1.29 is 4.74 Å². The number of nitrogens with zero attached hydrogens (tertiary/aromatic N) is 1. The number of fused-ring (bicyclic) bond motifs is 14. The molecule has 280 valence electrons. The van der Waals surface area contributed by atoms with Gasteiger partial charge in [-0.15, -0.1) is 0 Å². The highest BCUT2D eigenvalue weighted by Crippen LogP contribution is 2.63. The first kappa shape index (κ1) is 33.7. The number of rotatable bonds is 3. The number of hydrogen-bond acceptors (Lipinski definition) is 2. The van der Waals surface area contributed by atoms with Crippen molar-refractivity contribution in [3.8, 4) is 33.8 Å². The molecule has 2 nitrogen and oxygen atoms in total. The molecule has 0 N–H and O–H groups in total. The number of anilines is 2. The van der Waals surface area contributed by atoms with Gasteiger partial charge < -0.3 is 9.64 Å². The molecule has 2 unspecified atom stereocenters. The summed E-state index contributed by atoms with van der Waals surface area (Å²) < 4.78 is 7.06. The number of benzene rings is 6. The van der Waals surface area contributed by atoms with Gasteiger partial charge >= 0.3 is 0 Å². The van der Waals surface area contributed by atoms with Gasteiger partial charge in [-0.25, -0.2) is 0 Å². The summed E-state index contributed by atoms with van der Waals surface area (Å²) in [5.41, 5.74) is 18.7. The van der Waals surface area contributed by atoms with Crippen LogP contribution in [0.2, 0.25) is 0 Å². The van der Waals surface area contributed by atoms with Crippen LogP contribution < -0.4 is 9.64 Å². The molecule has 1 spiro atoms. The van der Waals surface area contributed by atoms with Gasteiger partial charge in [0.15, 0.2) is 0 Å². The van der Waals surface area contributed by atoms with E-state index in [1.54, 1.807) is 0 Å². The van der Waals surface area contributed by atoms with Crippen LogP contribution in [-0.4, -0.2) is 0 Å². The molecule has 58 heavy (non-hydrogen) atoms. The van der Waals surface area contributed by atoms with Crippen molar-refractivity contribution in [3.63, 3.8) is 0 Å². The van der Waals surface area contributed by atoms with Crippen molar-refractivity contribution in [2.45, 2.75) is 44.9 Å². The molecule has 6 aliphatic rings. The Balaban J connectivity index is 1.09. The fraction of sp³-hybridized carbons (Fsp3) is 0.179. The third kappa shape index (κ3) is 4.33. The minimum atomic E-state index is -0.501. The van der Waals surface area contributed by atoms with Gasteiger partial charge in [0.05, 0.1) is 5.41 Å². The summed E-state index contributed by atoms with van der Waals surface area (Å²) >= 11 is 0. The molecule has 0 radical (unpaired) electrons. The Morgan fingerprint density at radius 1 is 0.552 bits per heavy atom. The summed E-state index contributed by atoms with van der Waals surface area (Å²) in [7, 11) is 0. The second-order valence-electron chi connectivity index (χ2n) is 18.0. The lowest BCUT2D eigenvalue weighted by Gasteiger charge is -2.40. The number of para-hydroxylation sites is 1. The second kappa shape index (κ2) is 11.8. The fourth-order valence-electron chi connectivity index (χ4n) is 11.8. The molecule has 0 fully saturated rings. The topological polar surface area (TPSA) is 12.5 Å². The molecule has 6 aromatic carbocycles. The maximum absolute atomic E-state index is 7.06. The molecule has 0 amide bonds. The zero-order chi connectivity index (χ0) is 39.0. The summed E-state index contributed by atoms with van der Waals surface area (Å²) in [6.45, 7) is 9.62. The molecule has 1 heterocycles. The summed E-state index contributed by atoms with van der Waals surface area (Å²) in [5.74, 6) is 2.63. The van der Waals surface area contributed by atoms with E-state index in [9.17, 15) is 0 Å². The second-order valence-corrected chi connectivity index (χ2v) is 18.0. The van der Waals surface area contributed by atoms with E-state index in [4.69, 9.17) is 4.74 Å². The number of ether oxygens (including phenoxy) is 1. The van der Waals surface area contributed by atoms with Crippen molar-refractivity contribution in [2.75, 3.05) is 4.90 Å². The maximum atomic E-state index is 7.06. The third-order valence-electron chi connectivity index (χ3n) is 14.5. The Morgan fingerprint density at radius 2 is 1.14 bits per heavy atom. The first-order valence-corrected chi connectivity index (χ1v) is 20.9. The SMILES string of the molecule is CC1(C)c2ccccc2-c2ccc(N(C3=CC4=C(C=CC3)C3C=CC=CC3C4(C)C)c3ccc4c(c3)Oc3ccccc3C43c4ccccc4-c4ccccc43)cc21. The van der Waals surface area contributed by atoms with E-state index in [0.29, 0.717) is 11.8 Å². The Labute approximate surface area is 341 Å². The zero-order valence-electron chi connectivity index (χ0n) is 33.5. The summed E-state index contributed by atoms with van der Waals surface area (Å²) in [6.07, 6.45) is 17.4. The van der Waals surface area contributed by atoms with Gasteiger partial charge in [-0.05, 0) is 97.3 Å². The van der Waals surface area contributed by atoms with E-state index in [2.05, 4.69) is 209 Å². The lowest BCUT2D eigenvalue weighted by molar-refractivity contribution is 0.320. The molecule has 1 aliphatic heterocycles. The van der Waals surface area contributed by atoms with Gasteiger partial charge in [0, 0.05) is 52.0 Å². The van der Waals surface area contributed by atoms with Crippen molar-refractivity contribution >= 4 is 11.4 Å². The van der Waals surface area contributed by atoms with E-state index in [1.165, 1.54) is 78.2 Å². The van der Waals surface area contributed by atoms with Gasteiger partial charge in [-0.1, -0.05) is 167 Å². The van der Waals surface area contributed by atoms with Crippen molar-refractivity contribution in [1.82, 2.24) is 0 Å². The number of hydrogen-bond donors (Lipinski definition) is 0. The Hall–Kier alpha value is -6.38. The Bertz CT molecular complexity index is 2880. The predicted octanol–water partition coefficient (Wildman–Crippen LogP) is 14.1. The van der Waals surface area contributed by atoms with Gasteiger partial charge in [-0.2, -0.15) is 0 Å². The average molecular weight is 748 g/mol. The maximum Gasteiger partial charge on any atom is 0.134 e. The lowest BCUT2D eigenvalue weighted by Crippen LogP contribution is -2.32. The van der Waals surface area contributed by atoms with Crippen LogP contribution in [0.3, 0.4) is 0 Å². The van der Waals surface area contributed by atoms with E-state index in [-0.39, 0.29) is 10.8 Å². The lowest BCUT2D eigenvalue weighted by atomic mass is 9.66. The van der Waals surface area contributed by atoms with Crippen LogP contribution >= 0.6 is 0 Å². The molecular weight excluding hydrogens is 703 g/mol. The minimum absolute atomic E-state index is 0.0211. The van der Waals surface area contributed by atoms with E-state index < -0.39 is 5.41 Å². The van der Waals surface area contributed by atoms with Gasteiger partial charge in [0.25, 0.3) is 0 Å². The van der Waals surface area contributed by atoms with E-state index >= 15 is 0 Å². The largest absolute Gasteiger partial charge is 0.457 e. The highest BCUT2D eigenvalue weighted by Gasteiger charge is 2.51. The molecular formula is C56H45NO. The molecule has 0 aromatic heterocycles. The van der Waals surface area contributed by atoms with Gasteiger partial charge in [0.2, 0.25) is 0 Å². The average Bonchev–Trinajstić information content (AvgIpc) is 3.64. The van der Waals surface area contributed by atoms with Crippen LogP contribution in [0.1, 0.15) is 67.5 Å². The van der Waals surface area contributed by atoms with Gasteiger partial charge in [0.1, 0.15) is 11.5 Å². The normalized spacial score (nSPS) is 21.1. The third-order valence-corrected chi connectivity index (χ3v) is 14.5. The smallest absolute Gasteiger partial charge is 0.134 e. The van der Waals surface area contributed by atoms with Crippen molar-refractivity contribution in [3.05, 3.63) is 226 Å². The fourth-order valence-corrected chi connectivity index (χ4v) is 11.8. The molecule has 0 saturated heterocycles. The number of allylic oxidation sites excluding steroid dienone is 9. The summed E-state index contributed by atoms with van der Waals surface area (Å²) in [4.78, 5) is 2.52. The highest BCUT2D eigenvalue weighted by molar-refractivity contribution is 5.90. The molecule has 0 saturated carbocycles. The van der Waals surface area contributed by atoms with Crippen LogP contribution in [0.15, 0.2) is 193 Å². The van der Waals surface area contributed by atoms with Crippen LogP contribution in [0.25, 0.3) is 22.3 Å². The van der Waals surface area contributed by atoms with Crippen LogP contribution in [-0.2, 0) is 10.8 Å². The van der Waals surface area contributed by atoms with E-state index in [1.807, 2.05) is 0 Å². The zero-order valence-corrected chi connectivity index (χ0v) is 33.5. The van der Waals surface area contributed by atoms with Crippen LogP contribution in [0.5, 0.6) is 11.5 Å². The summed E-state index contributed by atoms with van der Waals surface area (Å²) in [6, 6.07) is 49.7. The van der Waals surface area contributed by atoms with Crippen LogP contribution in [0.4, 0.5) is 11.4 Å². The molecule has 0 bridgehead atoms. The molecule has 2 atom stereocenters. The monoisotopic (exact) mass is 747 g/mol. The Kier molecular flexibility index (Phi) is 6.88. The molecule has 12 rings (SSSR count). The first-order valence-electron chi connectivity index (χ1n) is 20.9. The van der Waals surface area contributed by atoms with E-state index in [0.717, 1.165) is 23.6 Å². The first-order chi connectivity index (χ1) is 28.3. The molecule has 6 aromatic rings. The molecule has 5 aliphatic carbocycles. The minimum Gasteiger partial charge on any atom is -0.457 e. The quantitative estimate of drug-likeness (QED) is 0.178. The molecule has 2 heteroatoms. The van der Waals surface area contributed by atoms with Crippen molar-refractivity contribution in [2.24, 2.45) is 17.3 Å². The Morgan fingerprint density at radius 3 is 1.90 bits per heavy atom. The van der Waals surface area contributed by atoms with Crippen LogP contribution in [0, 0.1) is 17.3 Å². The standard InChI is InChI=1S/C56H45NO/c1-54(2)44-22-9-5-17-38(44)42-21-15-16-35(32-50(42)54)57(36-28-30-43-39-18-6-10-23-45(39)55(3,4)51(43)33-36)37-29-31-49-53(34-37)58-52-27-14-13-26-48(52)56(49)46-24-11-7-19-40(46)41-20-8-12-25-47(41)56/h5-15,17-34,38,44H,16H2,1-4H3. The summed E-state index contributed by atoms with van der Waals surface area (Å²) in [5, 5.41) is 0.